The largest absolute Gasteiger partial charge is 0.322 e. The van der Waals surface area contributed by atoms with Gasteiger partial charge in [-0.1, -0.05) is 64.0 Å². The molecule has 0 aliphatic carbocycles. The fraction of sp³-hybridized carbons (Fsp3) is 0.0833. The molecular formula is C24H19BrN2O. The lowest BCUT2D eigenvalue weighted by molar-refractivity contribution is 0.102. The Morgan fingerprint density at radius 1 is 0.929 bits per heavy atom. The van der Waals surface area contributed by atoms with Gasteiger partial charge in [0.25, 0.3) is 5.91 Å². The Morgan fingerprint density at radius 2 is 1.75 bits per heavy atom. The molecule has 3 aromatic carbocycles. The maximum atomic E-state index is 13.2. The zero-order valence-electron chi connectivity index (χ0n) is 15.7. The summed E-state index contributed by atoms with van der Waals surface area (Å²) in [5.74, 6) is -0.137. The van der Waals surface area contributed by atoms with Gasteiger partial charge in [0.2, 0.25) is 0 Å². The average Bonchev–Trinajstić information content (AvgIpc) is 2.69. The minimum Gasteiger partial charge on any atom is -0.322 e. The first-order valence-corrected chi connectivity index (χ1v) is 9.85. The first-order valence-electron chi connectivity index (χ1n) is 9.05. The first kappa shape index (κ1) is 18.4. The fourth-order valence-electron chi connectivity index (χ4n) is 3.30. The number of nitrogens with one attached hydrogen (secondary N) is 1. The van der Waals surface area contributed by atoms with Crippen molar-refractivity contribution in [3.63, 3.8) is 0 Å². The molecular weight excluding hydrogens is 412 g/mol. The molecule has 1 aromatic heterocycles. The summed E-state index contributed by atoms with van der Waals surface area (Å²) < 4.78 is 0.973. The lowest BCUT2D eigenvalue weighted by Crippen LogP contribution is -2.14. The van der Waals surface area contributed by atoms with E-state index in [9.17, 15) is 4.79 Å². The van der Waals surface area contributed by atoms with E-state index < -0.39 is 0 Å². The number of hydrogen-bond acceptors (Lipinski definition) is 2. The lowest BCUT2D eigenvalue weighted by atomic mass is 10.0. The monoisotopic (exact) mass is 430 g/mol. The molecule has 0 atom stereocenters. The number of aryl methyl sites for hydroxylation is 2. The Kier molecular flexibility index (Phi) is 4.97. The van der Waals surface area contributed by atoms with Gasteiger partial charge in [0.05, 0.1) is 16.8 Å². The summed E-state index contributed by atoms with van der Waals surface area (Å²) in [6.45, 7) is 4.04. The number of anilines is 1. The second-order valence-electron chi connectivity index (χ2n) is 6.86. The molecule has 0 radical (unpaired) electrons. The minimum atomic E-state index is -0.137. The highest BCUT2D eigenvalue weighted by Crippen LogP contribution is 2.27. The van der Waals surface area contributed by atoms with E-state index in [1.54, 1.807) is 0 Å². The van der Waals surface area contributed by atoms with Crippen molar-refractivity contribution in [2.24, 2.45) is 0 Å². The van der Waals surface area contributed by atoms with Crippen LogP contribution in [0.1, 0.15) is 21.5 Å². The number of benzene rings is 3. The Hall–Kier alpha value is -2.98. The third-order valence-corrected chi connectivity index (χ3v) is 5.20. The molecule has 4 heteroatoms. The highest BCUT2D eigenvalue weighted by Gasteiger charge is 2.15. The summed E-state index contributed by atoms with van der Waals surface area (Å²) in [6, 6.07) is 23.5. The van der Waals surface area contributed by atoms with Gasteiger partial charge in [0.15, 0.2) is 0 Å². The van der Waals surface area contributed by atoms with Gasteiger partial charge >= 0.3 is 0 Å². The summed E-state index contributed by atoms with van der Waals surface area (Å²) in [5.41, 5.74) is 6.17. The summed E-state index contributed by atoms with van der Waals surface area (Å²) in [4.78, 5) is 17.9. The molecule has 0 aliphatic rings. The highest BCUT2D eigenvalue weighted by atomic mass is 79.9. The van der Waals surface area contributed by atoms with Gasteiger partial charge < -0.3 is 5.32 Å². The first-order chi connectivity index (χ1) is 13.5. The Bertz CT molecular complexity index is 1200. The molecule has 4 aromatic rings. The van der Waals surface area contributed by atoms with Crippen molar-refractivity contribution in [1.82, 2.24) is 4.98 Å². The van der Waals surface area contributed by atoms with Crippen molar-refractivity contribution < 1.29 is 4.79 Å². The summed E-state index contributed by atoms with van der Waals surface area (Å²) >= 11 is 3.51. The Labute approximate surface area is 172 Å². The maximum Gasteiger partial charge on any atom is 0.256 e. The number of nitrogens with zero attached hydrogens (tertiary/aromatic N) is 1. The molecule has 4 rings (SSSR count). The van der Waals surface area contributed by atoms with E-state index in [0.29, 0.717) is 5.56 Å². The number of pyridine rings is 1. The molecule has 0 aliphatic heterocycles. The SMILES string of the molecule is Cc1ccc(NC(=O)c2cc(-c3cccc(Br)c3)nc3ccccc23)c(C)c1. The maximum absolute atomic E-state index is 13.2. The quantitative estimate of drug-likeness (QED) is 0.401. The number of amides is 1. The van der Waals surface area contributed by atoms with Crippen LogP contribution in [-0.2, 0) is 0 Å². The minimum absolute atomic E-state index is 0.137. The summed E-state index contributed by atoms with van der Waals surface area (Å²) in [7, 11) is 0. The van der Waals surface area contributed by atoms with Crippen LogP contribution >= 0.6 is 15.9 Å². The van der Waals surface area contributed by atoms with Crippen LogP contribution < -0.4 is 5.32 Å². The zero-order chi connectivity index (χ0) is 19.7. The van der Waals surface area contributed by atoms with Gasteiger partial charge in [-0.15, -0.1) is 0 Å². The van der Waals surface area contributed by atoms with Crippen LogP contribution in [0.5, 0.6) is 0 Å². The van der Waals surface area contributed by atoms with E-state index in [1.807, 2.05) is 80.6 Å². The van der Waals surface area contributed by atoms with Crippen LogP contribution in [0.25, 0.3) is 22.2 Å². The number of halogens is 1. The molecule has 0 fully saturated rings. The smallest absolute Gasteiger partial charge is 0.256 e. The lowest BCUT2D eigenvalue weighted by Gasteiger charge is -2.12. The normalized spacial score (nSPS) is 10.8. The van der Waals surface area contributed by atoms with Gasteiger partial charge in [0.1, 0.15) is 0 Å². The number of fused-ring (bicyclic) bond motifs is 1. The van der Waals surface area contributed by atoms with Crippen molar-refractivity contribution in [2.75, 3.05) is 5.32 Å². The Morgan fingerprint density at radius 3 is 2.54 bits per heavy atom. The van der Waals surface area contributed by atoms with Crippen LogP contribution in [0.2, 0.25) is 0 Å². The predicted molar refractivity (Wildman–Crippen MR) is 119 cm³/mol. The molecule has 28 heavy (non-hydrogen) atoms. The molecule has 0 bridgehead atoms. The van der Waals surface area contributed by atoms with Crippen LogP contribution in [0.4, 0.5) is 5.69 Å². The van der Waals surface area contributed by atoms with Gasteiger partial charge in [-0.25, -0.2) is 4.98 Å². The van der Waals surface area contributed by atoms with Gasteiger partial charge in [-0.3, -0.25) is 4.79 Å². The van der Waals surface area contributed by atoms with Gasteiger partial charge in [-0.05, 0) is 49.7 Å². The number of carbonyl (C=O) groups excluding carboxylic acids is 1. The van der Waals surface area contributed by atoms with E-state index >= 15 is 0 Å². The molecule has 0 spiro atoms. The van der Waals surface area contributed by atoms with E-state index in [2.05, 4.69) is 27.3 Å². The Balaban J connectivity index is 1.81. The predicted octanol–water partition coefficient (Wildman–Crippen LogP) is 6.53. The van der Waals surface area contributed by atoms with Crippen molar-refractivity contribution in [2.45, 2.75) is 13.8 Å². The van der Waals surface area contributed by atoms with Crippen molar-refractivity contribution in [3.05, 3.63) is 94.0 Å². The summed E-state index contributed by atoms with van der Waals surface area (Å²) in [5, 5.41) is 3.90. The highest BCUT2D eigenvalue weighted by molar-refractivity contribution is 9.10. The van der Waals surface area contributed by atoms with Crippen LogP contribution in [0, 0.1) is 13.8 Å². The van der Waals surface area contributed by atoms with Crippen molar-refractivity contribution >= 4 is 38.4 Å². The second kappa shape index (κ2) is 7.56. The number of para-hydroxylation sites is 1. The molecule has 1 N–H and O–H groups in total. The number of rotatable bonds is 3. The van der Waals surface area contributed by atoms with Crippen LogP contribution in [0.15, 0.2) is 77.3 Å². The molecule has 0 saturated carbocycles. The third kappa shape index (κ3) is 3.69. The molecule has 0 saturated heterocycles. The molecule has 138 valence electrons. The topological polar surface area (TPSA) is 42.0 Å². The molecule has 1 heterocycles. The standard InChI is InChI=1S/C24H19BrN2O/c1-15-10-11-21(16(2)12-15)27-24(28)20-14-23(17-6-5-7-18(25)13-17)26-22-9-4-3-8-19(20)22/h3-14H,1-2H3,(H,27,28). The number of aromatic nitrogens is 1. The van der Waals surface area contributed by atoms with E-state index in [-0.39, 0.29) is 5.91 Å². The molecule has 3 nitrogen and oxygen atoms in total. The van der Waals surface area contributed by atoms with Gasteiger partial charge in [0, 0.05) is 21.1 Å². The van der Waals surface area contributed by atoms with Crippen LogP contribution in [0.3, 0.4) is 0 Å². The van der Waals surface area contributed by atoms with E-state index in [0.717, 1.165) is 37.9 Å². The summed E-state index contributed by atoms with van der Waals surface area (Å²) in [6.07, 6.45) is 0. The van der Waals surface area contributed by atoms with E-state index in [4.69, 9.17) is 4.98 Å². The second-order valence-corrected chi connectivity index (χ2v) is 7.77. The number of carbonyl (C=O) groups is 1. The van der Waals surface area contributed by atoms with Crippen molar-refractivity contribution in [3.8, 4) is 11.3 Å². The molecule has 1 amide bonds. The van der Waals surface area contributed by atoms with Crippen LogP contribution in [-0.4, -0.2) is 10.9 Å². The average molecular weight is 431 g/mol. The molecule has 0 unspecified atom stereocenters. The third-order valence-electron chi connectivity index (χ3n) is 4.71. The van der Waals surface area contributed by atoms with E-state index in [1.165, 1.54) is 5.56 Å². The number of hydrogen-bond donors (Lipinski definition) is 1. The fourth-order valence-corrected chi connectivity index (χ4v) is 3.70. The van der Waals surface area contributed by atoms with Crippen molar-refractivity contribution in [1.29, 1.82) is 0 Å². The zero-order valence-corrected chi connectivity index (χ0v) is 17.2. The van der Waals surface area contributed by atoms with Gasteiger partial charge in [-0.2, -0.15) is 0 Å².